The van der Waals surface area contributed by atoms with Crippen molar-refractivity contribution in [3.8, 4) is 10.8 Å². The van der Waals surface area contributed by atoms with Gasteiger partial charge >= 0.3 is 0 Å². The summed E-state index contributed by atoms with van der Waals surface area (Å²) in [6.45, 7) is 7.22. The van der Waals surface area contributed by atoms with E-state index in [1.807, 2.05) is 24.4 Å². The van der Waals surface area contributed by atoms with E-state index >= 15 is 0 Å². The molecular weight excluding hydrogens is 282 g/mol. The zero-order chi connectivity index (χ0) is 14.8. The van der Waals surface area contributed by atoms with E-state index in [1.54, 1.807) is 11.3 Å². The van der Waals surface area contributed by atoms with Gasteiger partial charge in [0.05, 0.1) is 10.6 Å². The highest BCUT2D eigenvalue weighted by molar-refractivity contribution is 7.13. The lowest BCUT2D eigenvalue weighted by Gasteiger charge is -2.33. The lowest BCUT2D eigenvalue weighted by Crippen LogP contribution is -2.39. The minimum Gasteiger partial charge on any atom is -0.440 e. The molecule has 0 aliphatic carbocycles. The van der Waals surface area contributed by atoms with Crippen LogP contribution in [0.25, 0.3) is 10.8 Å². The lowest BCUT2D eigenvalue weighted by molar-refractivity contribution is 0.164. The molecule has 0 bridgehead atoms. The molecule has 3 heterocycles. The van der Waals surface area contributed by atoms with Crippen LogP contribution < -0.4 is 5.73 Å². The van der Waals surface area contributed by atoms with Crippen LogP contribution in [-0.4, -0.2) is 29.0 Å². The van der Waals surface area contributed by atoms with Gasteiger partial charge in [-0.25, -0.2) is 4.98 Å². The minimum absolute atomic E-state index is 0.311. The molecule has 4 nitrogen and oxygen atoms in total. The number of nitrogens with two attached hydrogens (primary N) is 1. The molecule has 1 fully saturated rings. The molecule has 21 heavy (non-hydrogen) atoms. The Kier molecular flexibility index (Phi) is 4.42. The van der Waals surface area contributed by atoms with Crippen LogP contribution in [0.2, 0.25) is 0 Å². The standard InChI is InChI=1S/C16H23N3OS/c1-11(17)13-5-7-19(8-6-13)10-14-12(2)20-16(18-14)15-4-3-9-21-15/h3-4,9,11,13H,5-8,10,17H2,1-2H3. The number of hydrogen-bond donors (Lipinski definition) is 1. The Morgan fingerprint density at radius 3 is 2.86 bits per heavy atom. The van der Waals surface area contributed by atoms with E-state index in [1.165, 1.54) is 12.8 Å². The van der Waals surface area contributed by atoms with E-state index in [9.17, 15) is 0 Å². The van der Waals surface area contributed by atoms with Gasteiger partial charge in [-0.1, -0.05) is 6.07 Å². The summed E-state index contributed by atoms with van der Waals surface area (Å²) < 4.78 is 5.81. The Morgan fingerprint density at radius 2 is 2.24 bits per heavy atom. The molecule has 0 spiro atoms. The van der Waals surface area contributed by atoms with Crippen LogP contribution in [0.1, 0.15) is 31.2 Å². The van der Waals surface area contributed by atoms with Gasteiger partial charge in [-0.3, -0.25) is 4.90 Å². The first-order valence-corrected chi connectivity index (χ1v) is 8.49. The number of piperidine rings is 1. The summed E-state index contributed by atoms with van der Waals surface area (Å²) in [4.78, 5) is 8.24. The van der Waals surface area contributed by atoms with Crippen LogP contribution in [-0.2, 0) is 6.54 Å². The summed E-state index contributed by atoms with van der Waals surface area (Å²) in [5, 5.41) is 2.05. The van der Waals surface area contributed by atoms with Crippen LogP contribution in [0.15, 0.2) is 21.9 Å². The second-order valence-corrected chi connectivity index (χ2v) is 6.92. The molecule has 2 aromatic heterocycles. The Balaban J connectivity index is 1.64. The molecule has 2 N–H and O–H groups in total. The summed E-state index contributed by atoms with van der Waals surface area (Å²) in [6, 6.07) is 4.39. The molecule has 114 valence electrons. The van der Waals surface area contributed by atoms with Crippen LogP contribution >= 0.6 is 11.3 Å². The topological polar surface area (TPSA) is 55.3 Å². The second-order valence-electron chi connectivity index (χ2n) is 5.97. The normalized spacial score (nSPS) is 19.0. The van der Waals surface area contributed by atoms with Crippen LogP contribution in [0.3, 0.4) is 0 Å². The van der Waals surface area contributed by atoms with Crippen molar-refractivity contribution in [2.75, 3.05) is 13.1 Å². The highest BCUT2D eigenvalue weighted by Gasteiger charge is 2.23. The molecule has 2 aromatic rings. The van der Waals surface area contributed by atoms with Crippen LogP contribution in [0.5, 0.6) is 0 Å². The summed E-state index contributed by atoms with van der Waals surface area (Å²) in [5.74, 6) is 2.36. The number of aromatic nitrogens is 1. The van der Waals surface area contributed by atoms with Gasteiger partial charge in [-0.2, -0.15) is 0 Å². The van der Waals surface area contributed by atoms with Gasteiger partial charge in [-0.05, 0) is 57.1 Å². The quantitative estimate of drug-likeness (QED) is 0.942. The van der Waals surface area contributed by atoms with Gasteiger partial charge in [0.2, 0.25) is 5.89 Å². The summed E-state index contributed by atoms with van der Waals surface area (Å²) in [6.07, 6.45) is 2.37. The van der Waals surface area contributed by atoms with Crippen molar-refractivity contribution in [1.29, 1.82) is 0 Å². The third-order valence-electron chi connectivity index (χ3n) is 4.37. The van der Waals surface area contributed by atoms with E-state index in [2.05, 4.69) is 16.8 Å². The highest BCUT2D eigenvalue weighted by Crippen LogP contribution is 2.27. The van der Waals surface area contributed by atoms with E-state index in [-0.39, 0.29) is 0 Å². The molecule has 0 saturated carbocycles. The Morgan fingerprint density at radius 1 is 1.48 bits per heavy atom. The van der Waals surface area contributed by atoms with Crippen molar-refractivity contribution in [3.63, 3.8) is 0 Å². The first-order valence-electron chi connectivity index (χ1n) is 7.61. The van der Waals surface area contributed by atoms with Gasteiger partial charge < -0.3 is 10.2 Å². The third kappa shape index (κ3) is 3.36. The highest BCUT2D eigenvalue weighted by atomic mass is 32.1. The fourth-order valence-electron chi connectivity index (χ4n) is 2.93. The van der Waals surface area contributed by atoms with Gasteiger partial charge in [0.25, 0.3) is 0 Å². The predicted molar refractivity (Wildman–Crippen MR) is 86.2 cm³/mol. The first-order chi connectivity index (χ1) is 10.1. The number of rotatable bonds is 4. The zero-order valence-electron chi connectivity index (χ0n) is 12.7. The zero-order valence-corrected chi connectivity index (χ0v) is 13.5. The van der Waals surface area contributed by atoms with Gasteiger partial charge in [0, 0.05) is 12.6 Å². The molecular formula is C16H23N3OS. The van der Waals surface area contributed by atoms with E-state index in [0.29, 0.717) is 12.0 Å². The maximum Gasteiger partial charge on any atom is 0.236 e. The molecule has 1 aliphatic heterocycles. The number of nitrogens with zero attached hydrogens (tertiary/aromatic N) is 2. The van der Waals surface area contributed by atoms with Crippen LogP contribution in [0.4, 0.5) is 0 Å². The molecule has 1 unspecified atom stereocenters. The fourth-order valence-corrected chi connectivity index (χ4v) is 3.58. The fraction of sp³-hybridized carbons (Fsp3) is 0.562. The number of hydrogen-bond acceptors (Lipinski definition) is 5. The van der Waals surface area contributed by atoms with Gasteiger partial charge in [0.15, 0.2) is 0 Å². The Hall–Kier alpha value is -1.17. The average Bonchev–Trinajstić information content (AvgIpc) is 3.10. The molecule has 0 amide bonds. The molecule has 1 aliphatic rings. The molecule has 1 atom stereocenters. The van der Waals surface area contributed by atoms with Crippen molar-refractivity contribution in [2.24, 2.45) is 11.7 Å². The number of oxazole rings is 1. The maximum atomic E-state index is 6.00. The molecule has 5 heteroatoms. The monoisotopic (exact) mass is 305 g/mol. The Labute approximate surface area is 130 Å². The van der Waals surface area contributed by atoms with Gasteiger partial charge in [0.1, 0.15) is 5.76 Å². The van der Waals surface area contributed by atoms with Crippen LogP contribution in [0, 0.1) is 12.8 Å². The molecule has 0 aromatic carbocycles. The summed E-state index contributed by atoms with van der Waals surface area (Å²) in [5.41, 5.74) is 7.07. The lowest BCUT2D eigenvalue weighted by atomic mass is 9.91. The largest absolute Gasteiger partial charge is 0.440 e. The van der Waals surface area contributed by atoms with E-state index in [0.717, 1.165) is 41.9 Å². The number of aryl methyl sites for hydroxylation is 1. The van der Waals surface area contributed by atoms with Crippen molar-refractivity contribution in [2.45, 2.75) is 39.3 Å². The van der Waals surface area contributed by atoms with Crippen molar-refractivity contribution in [3.05, 3.63) is 29.0 Å². The van der Waals surface area contributed by atoms with Crippen molar-refractivity contribution in [1.82, 2.24) is 9.88 Å². The SMILES string of the molecule is Cc1oc(-c2cccs2)nc1CN1CCC(C(C)N)CC1. The summed E-state index contributed by atoms with van der Waals surface area (Å²) >= 11 is 1.66. The predicted octanol–water partition coefficient (Wildman–Crippen LogP) is 3.27. The Bertz CT molecular complexity index is 568. The third-order valence-corrected chi connectivity index (χ3v) is 5.23. The minimum atomic E-state index is 0.311. The molecule has 3 rings (SSSR count). The number of thiophene rings is 1. The van der Waals surface area contributed by atoms with Gasteiger partial charge in [-0.15, -0.1) is 11.3 Å². The molecule has 1 saturated heterocycles. The van der Waals surface area contributed by atoms with Crippen molar-refractivity contribution >= 4 is 11.3 Å². The average molecular weight is 305 g/mol. The van der Waals surface area contributed by atoms with E-state index < -0.39 is 0 Å². The first kappa shape index (κ1) is 14.8. The molecule has 0 radical (unpaired) electrons. The maximum absolute atomic E-state index is 6.00. The van der Waals surface area contributed by atoms with Crippen molar-refractivity contribution < 1.29 is 4.42 Å². The second kappa shape index (κ2) is 6.30. The van der Waals surface area contributed by atoms with E-state index in [4.69, 9.17) is 10.2 Å². The summed E-state index contributed by atoms with van der Waals surface area (Å²) in [7, 11) is 0. The smallest absolute Gasteiger partial charge is 0.236 e. The number of likely N-dealkylation sites (tertiary alicyclic amines) is 1.